The lowest BCUT2D eigenvalue weighted by Crippen LogP contribution is -2.35. The van der Waals surface area contributed by atoms with Gasteiger partial charge in [-0.1, -0.05) is 11.8 Å². The quantitative estimate of drug-likeness (QED) is 0.494. The van der Waals surface area contributed by atoms with Crippen LogP contribution in [-0.4, -0.2) is 28.8 Å². The second-order valence-electron chi connectivity index (χ2n) is 2.05. The molecule has 5 heteroatoms. The van der Waals surface area contributed by atoms with E-state index in [-0.39, 0.29) is 5.91 Å². The van der Waals surface area contributed by atoms with Gasteiger partial charge in [-0.25, -0.2) is 0 Å². The minimum absolute atomic E-state index is 0.0257. The number of aliphatic imine (C=N–C) groups is 1. The van der Waals surface area contributed by atoms with Crippen LogP contribution in [0.4, 0.5) is 0 Å². The molecule has 11 heavy (non-hydrogen) atoms. The summed E-state index contributed by atoms with van der Waals surface area (Å²) in [5.74, 6) is 0.752. The Morgan fingerprint density at radius 2 is 2.55 bits per heavy atom. The Kier molecular flexibility index (Phi) is 2.49. The fraction of sp³-hybridized carbons (Fsp3) is 0.500. The standard InChI is InChI=1S/C6H7N3OS/c1-9-5(10)2-3-11-6(9)8-4-7/h2-3H2,1H3/b8-6-. The minimum atomic E-state index is 0.0257. The number of amidine groups is 1. The summed E-state index contributed by atoms with van der Waals surface area (Å²) in [5, 5.41) is 8.74. The van der Waals surface area contributed by atoms with Gasteiger partial charge in [0.2, 0.25) is 12.1 Å². The number of amides is 1. The van der Waals surface area contributed by atoms with Crippen LogP contribution in [0.5, 0.6) is 0 Å². The molecule has 1 aliphatic rings. The third kappa shape index (κ3) is 1.71. The lowest BCUT2D eigenvalue weighted by atomic mass is 10.4. The minimum Gasteiger partial charge on any atom is -0.294 e. The first-order chi connectivity index (χ1) is 5.25. The van der Waals surface area contributed by atoms with E-state index < -0.39 is 0 Å². The maximum atomic E-state index is 11.0. The van der Waals surface area contributed by atoms with Crippen molar-refractivity contribution in [3.63, 3.8) is 0 Å². The van der Waals surface area contributed by atoms with Gasteiger partial charge < -0.3 is 0 Å². The summed E-state index contributed by atoms with van der Waals surface area (Å²) in [6, 6.07) is 0. The first-order valence-electron chi connectivity index (χ1n) is 3.12. The molecule has 0 aliphatic carbocycles. The van der Waals surface area contributed by atoms with Crippen LogP contribution in [0.3, 0.4) is 0 Å². The predicted molar refractivity (Wildman–Crippen MR) is 42.9 cm³/mol. The molecule has 0 bridgehead atoms. The van der Waals surface area contributed by atoms with E-state index in [4.69, 9.17) is 5.26 Å². The van der Waals surface area contributed by atoms with Gasteiger partial charge in [0.15, 0.2) is 5.17 Å². The lowest BCUT2D eigenvalue weighted by molar-refractivity contribution is -0.126. The van der Waals surface area contributed by atoms with E-state index >= 15 is 0 Å². The van der Waals surface area contributed by atoms with Crippen molar-refractivity contribution in [2.75, 3.05) is 12.8 Å². The first-order valence-corrected chi connectivity index (χ1v) is 4.10. The zero-order valence-electron chi connectivity index (χ0n) is 6.07. The molecule has 1 saturated heterocycles. The molecule has 1 aliphatic heterocycles. The molecule has 0 aromatic heterocycles. The third-order valence-corrected chi connectivity index (χ3v) is 2.39. The molecular formula is C6H7N3OS. The van der Waals surface area contributed by atoms with Gasteiger partial charge in [0.05, 0.1) is 0 Å². The van der Waals surface area contributed by atoms with Gasteiger partial charge in [0, 0.05) is 19.2 Å². The van der Waals surface area contributed by atoms with Gasteiger partial charge in [0.1, 0.15) is 0 Å². The van der Waals surface area contributed by atoms with Crippen molar-refractivity contribution >= 4 is 22.8 Å². The molecule has 1 rings (SSSR count). The summed E-state index contributed by atoms with van der Waals surface area (Å²) in [7, 11) is 1.63. The second-order valence-corrected chi connectivity index (χ2v) is 3.11. The monoisotopic (exact) mass is 169 g/mol. The molecule has 0 saturated carbocycles. The van der Waals surface area contributed by atoms with Crippen LogP contribution in [0.25, 0.3) is 0 Å². The Labute approximate surface area is 68.9 Å². The summed E-state index contributed by atoms with van der Waals surface area (Å²) in [6.45, 7) is 0. The summed E-state index contributed by atoms with van der Waals surface area (Å²) >= 11 is 1.43. The summed E-state index contributed by atoms with van der Waals surface area (Å²) in [5.41, 5.74) is 0. The number of hydrogen-bond acceptors (Lipinski definition) is 4. The highest BCUT2D eigenvalue weighted by molar-refractivity contribution is 8.14. The molecular weight excluding hydrogens is 162 g/mol. The van der Waals surface area contributed by atoms with Crippen LogP contribution in [0, 0.1) is 11.5 Å². The topological polar surface area (TPSA) is 56.5 Å². The SMILES string of the molecule is CN1C(=O)CCS/C1=N\C#N. The lowest BCUT2D eigenvalue weighted by Gasteiger charge is -2.21. The third-order valence-electron chi connectivity index (χ3n) is 1.35. The van der Waals surface area contributed by atoms with Crippen LogP contribution in [0.2, 0.25) is 0 Å². The van der Waals surface area contributed by atoms with Crippen LogP contribution in [0.15, 0.2) is 4.99 Å². The smallest absolute Gasteiger partial charge is 0.229 e. The van der Waals surface area contributed by atoms with E-state index in [9.17, 15) is 4.79 Å². The molecule has 4 nitrogen and oxygen atoms in total. The molecule has 0 N–H and O–H groups in total. The van der Waals surface area contributed by atoms with Crippen molar-refractivity contribution in [2.45, 2.75) is 6.42 Å². The normalized spacial score (nSPS) is 22.0. The Morgan fingerprint density at radius 3 is 3.18 bits per heavy atom. The van der Waals surface area contributed by atoms with Crippen molar-refractivity contribution < 1.29 is 4.79 Å². The van der Waals surface area contributed by atoms with Crippen molar-refractivity contribution in [2.24, 2.45) is 4.99 Å². The second kappa shape index (κ2) is 3.39. The summed E-state index contributed by atoms with van der Waals surface area (Å²) in [4.78, 5) is 15.9. The summed E-state index contributed by atoms with van der Waals surface area (Å²) in [6.07, 6.45) is 2.19. The molecule has 0 aromatic rings. The number of nitriles is 1. The first kappa shape index (κ1) is 8.08. The van der Waals surface area contributed by atoms with E-state index in [2.05, 4.69) is 4.99 Å². The average molecular weight is 169 g/mol. The average Bonchev–Trinajstić information content (AvgIpc) is 1.99. The van der Waals surface area contributed by atoms with Crippen molar-refractivity contribution in [1.82, 2.24) is 4.90 Å². The van der Waals surface area contributed by atoms with Gasteiger partial charge in [-0.3, -0.25) is 9.69 Å². The highest BCUT2D eigenvalue weighted by Crippen LogP contribution is 2.16. The zero-order valence-corrected chi connectivity index (χ0v) is 6.89. The van der Waals surface area contributed by atoms with Gasteiger partial charge >= 0.3 is 0 Å². The molecule has 0 atom stereocenters. The molecule has 1 fully saturated rings. The molecule has 1 heterocycles. The molecule has 0 unspecified atom stereocenters. The molecule has 0 aromatic carbocycles. The highest BCUT2D eigenvalue weighted by Gasteiger charge is 2.20. The Bertz CT molecular complexity index is 243. The largest absolute Gasteiger partial charge is 0.294 e. The number of carbonyl (C=O) groups is 1. The number of hydrogen-bond donors (Lipinski definition) is 0. The Morgan fingerprint density at radius 1 is 1.82 bits per heavy atom. The van der Waals surface area contributed by atoms with Gasteiger partial charge in [-0.2, -0.15) is 5.26 Å². The van der Waals surface area contributed by atoms with E-state index in [1.165, 1.54) is 16.7 Å². The van der Waals surface area contributed by atoms with Crippen molar-refractivity contribution in [1.29, 1.82) is 5.26 Å². The van der Waals surface area contributed by atoms with Crippen LogP contribution in [-0.2, 0) is 4.79 Å². The number of carbonyl (C=O) groups excluding carboxylic acids is 1. The number of thioether (sulfide) groups is 1. The highest BCUT2D eigenvalue weighted by atomic mass is 32.2. The maximum absolute atomic E-state index is 11.0. The number of rotatable bonds is 0. The number of nitrogens with zero attached hydrogens (tertiary/aromatic N) is 3. The molecule has 0 spiro atoms. The predicted octanol–water partition coefficient (Wildman–Crippen LogP) is 0.419. The molecule has 1 amide bonds. The van der Waals surface area contributed by atoms with E-state index in [1.54, 1.807) is 13.2 Å². The summed E-state index contributed by atoms with van der Waals surface area (Å²) < 4.78 is 0. The maximum Gasteiger partial charge on any atom is 0.229 e. The van der Waals surface area contributed by atoms with Gasteiger partial charge in [-0.05, 0) is 0 Å². The van der Waals surface area contributed by atoms with E-state index in [0.29, 0.717) is 11.6 Å². The van der Waals surface area contributed by atoms with Crippen LogP contribution >= 0.6 is 11.8 Å². The van der Waals surface area contributed by atoms with Crippen LogP contribution in [0.1, 0.15) is 6.42 Å². The van der Waals surface area contributed by atoms with Gasteiger partial charge in [-0.15, -0.1) is 4.99 Å². The van der Waals surface area contributed by atoms with Crippen LogP contribution < -0.4 is 0 Å². The van der Waals surface area contributed by atoms with E-state index in [1.807, 2.05) is 0 Å². The van der Waals surface area contributed by atoms with Gasteiger partial charge in [0.25, 0.3) is 0 Å². The van der Waals surface area contributed by atoms with E-state index in [0.717, 1.165) is 5.75 Å². The van der Waals surface area contributed by atoms with Crippen molar-refractivity contribution in [3.05, 3.63) is 0 Å². The Hall–Kier alpha value is -1.02. The fourth-order valence-corrected chi connectivity index (χ4v) is 1.61. The fourth-order valence-electron chi connectivity index (χ4n) is 0.751. The Balaban J connectivity index is 2.75. The van der Waals surface area contributed by atoms with Crippen molar-refractivity contribution in [3.8, 4) is 6.19 Å². The molecule has 0 radical (unpaired) electrons. The zero-order chi connectivity index (χ0) is 8.27. The molecule has 58 valence electrons.